The molecule has 0 aromatic heterocycles. The molecule has 0 radical (unpaired) electrons. The molecule has 1 fully saturated rings. The standard InChI is InChI=1S/C13H17F3N2O4S/c14-13(15,16)22-11-2-1-3-12(10-11)23(19,20)17-4-5-18-6-8-21-9-7-18/h1-3,10,17H,4-9H2. The summed E-state index contributed by atoms with van der Waals surface area (Å²) < 4.78 is 72.0. The summed E-state index contributed by atoms with van der Waals surface area (Å²) in [6.45, 7) is 3.30. The predicted molar refractivity (Wildman–Crippen MR) is 75.6 cm³/mol. The Hall–Kier alpha value is -1.36. The molecule has 23 heavy (non-hydrogen) atoms. The van der Waals surface area contributed by atoms with E-state index in [9.17, 15) is 21.6 Å². The van der Waals surface area contributed by atoms with Crippen LogP contribution in [0.1, 0.15) is 0 Å². The highest BCUT2D eigenvalue weighted by molar-refractivity contribution is 7.89. The van der Waals surface area contributed by atoms with Gasteiger partial charge < -0.3 is 9.47 Å². The number of sulfonamides is 1. The molecule has 2 rings (SSSR count). The van der Waals surface area contributed by atoms with Gasteiger partial charge in [0.2, 0.25) is 10.0 Å². The number of rotatable bonds is 6. The molecular weight excluding hydrogens is 337 g/mol. The molecule has 0 spiro atoms. The maximum atomic E-state index is 12.2. The van der Waals surface area contributed by atoms with E-state index in [0.717, 1.165) is 25.2 Å². The Bertz CT molecular complexity index is 616. The Morgan fingerprint density at radius 3 is 2.61 bits per heavy atom. The van der Waals surface area contributed by atoms with Gasteiger partial charge >= 0.3 is 6.36 Å². The largest absolute Gasteiger partial charge is 0.573 e. The summed E-state index contributed by atoms with van der Waals surface area (Å²) in [6, 6.07) is 4.28. The number of nitrogens with zero attached hydrogens (tertiary/aromatic N) is 1. The third-order valence-corrected chi connectivity index (χ3v) is 4.63. The van der Waals surface area contributed by atoms with Crippen molar-refractivity contribution in [2.75, 3.05) is 39.4 Å². The zero-order valence-corrected chi connectivity index (χ0v) is 13.0. The Balaban J connectivity index is 1.94. The van der Waals surface area contributed by atoms with E-state index in [1.54, 1.807) is 0 Å². The van der Waals surface area contributed by atoms with Gasteiger partial charge in [0.05, 0.1) is 18.1 Å². The second-order valence-electron chi connectivity index (χ2n) is 4.87. The Labute approximate surface area is 132 Å². The van der Waals surface area contributed by atoms with E-state index < -0.39 is 22.1 Å². The quantitative estimate of drug-likeness (QED) is 0.831. The van der Waals surface area contributed by atoms with Crippen LogP contribution < -0.4 is 9.46 Å². The normalized spacial score (nSPS) is 17.2. The zero-order chi connectivity index (χ0) is 16.9. The summed E-state index contributed by atoms with van der Waals surface area (Å²) in [5, 5.41) is 0. The van der Waals surface area contributed by atoms with Crippen LogP contribution in [0.15, 0.2) is 29.2 Å². The lowest BCUT2D eigenvalue weighted by molar-refractivity contribution is -0.274. The van der Waals surface area contributed by atoms with Crippen molar-refractivity contribution in [3.63, 3.8) is 0 Å². The Morgan fingerprint density at radius 2 is 1.96 bits per heavy atom. The molecule has 1 N–H and O–H groups in total. The summed E-state index contributed by atoms with van der Waals surface area (Å²) >= 11 is 0. The Morgan fingerprint density at radius 1 is 1.26 bits per heavy atom. The number of morpholine rings is 1. The lowest BCUT2D eigenvalue weighted by atomic mass is 10.3. The number of nitrogens with one attached hydrogen (secondary N) is 1. The van der Waals surface area contributed by atoms with E-state index in [-0.39, 0.29) is 11.4 Å². The van der Waals surface area contributed by atoms with Gasteiger partial charge in [-0.1, -0.05) is 6.07 Å². The number of benzene rings is 1. The van der Waals surface area contributed by atoms with Gasteiger partial charge in [0.1, 0.15) is 5.75 Å². The van der Waals surface area contributed by atoms with Gasteiger partial charge in [0.15, 0.2) is 0 Å². The van der Waals surface area contributed by atoms with Crippen molar-refractivity contribution < 1.29 is 31.1 Å². The molecule has 1 saturated heterocycles. The summed E-state index contributed by atoms with van der Waals surface area (Å²) in [6.07, 6.45) is -4.87. The fraction of sp³-hybridized carbons (Fsp3) is 0.538. The first-order valence-electron chi connectivity index (χ1n) is 6.92. The predicted octanol–water partition coefficient (Wildman–Crippen LogP) is 1.20. The molecule has 0 atom stereocenters. The van der Waals surface area contributed by atoms with Crippen molar-refractivity contribution in [1.29, 1.82) is 0 Å². The number of ether oxygens (including phenoxy) is 2. The molecule has 1 aromatic carbocycles. The third-order valence-electron chi connectivity index (χ3n) is 3.17. The van der Waals surface area contributed by atoms with E-state index in [1.165, 1.54) is 12.1 Å². The van der Waals surface area contributed by atoms with Crippen LogP contribution >= 0.6 is 0 Å². The molecule has 1 aromatic rings. The van der Waals surface area contributed by atoms with Gasteiger partial charge in [-0.3, -0.25) is 4.90 Å². The number of halogens is 3. The maximum Gasteiger partial charge on any atom is 0.573 e. The third kappa shape index (κ3) is 5.98. The van der Waals surface area contributed by atoms with Gasteiger partial charge in [0, 0.05) is 32.2 Å². The number of hydrogen-bond acceptors (Lipinski definition) is 5. The topological polar surface area (TPSA) is 67.9 Å². The molecule has 130 valence electrons. The van der Waals surface area contributed by atoms with Crippen molar-refractivity contribution in [3.05, 3.63) is 24.3 Å². The second kappa shape index (κ2) is 7.47. The first-order valence-corrected chi connectivity index (χ1v) is 8.40. The van der Waals surface area contributed by atoms with Gasteiger partial charge in [-0.25, -0.2) is 13.1 Å². The summed E-state index contributed by atoms with van der Waals surface area (Å²) in [7, 11) is -3.89. The lowest BCUT2D eigenvalue weighted by Crippen LogP contribution is -2.41. The van der Waals surface area contributed by atoms with E-state index in [0.29, 0.717) is 19.8 Å². The van der Waals surface area contributed by atoms with Crippen LogP contribution in [-0.2, 0) is 14.8 Å². The van der Waals surface area contributed by atoms with E-state index in [4.69, 9.17) is 4.74 Å². The van der Waals surface area contributed by atoms with Gasteiger partial charge in [0.25, 0.3) is 0 Å². The van der Waals surface area contributed by atoms with Crippen LogP contribution in [0.4, 0.5) is 13.2 Å². The first-order chi connectivity index (χ1) is 10.8. The monoisotopic (exact) mass is 354 g/mol. The van der Waals surface area contributed by atoms with Crippen molar-refractivity contribution in [3.8, 4) is 5.75 Å². The summed E-state index contributed by atoms with van der Waals surface area (Å²) in [5.41, 5.74) is 0. The molecule has 0 bridgehead atoms. The summed E-state index contributed by atoms with van der Waals surface area (Å²) in [4.78, 5) is 1.76. The SMILES string of the molecule is O=S(=O)(NCCN1CCOCC1)c1cccc(OC(F)(F)F)c1. The molecule has 0 unspecified atom stereocenters. The van der Waals surface area contributed by atoms with Crippen molar-refractivity contribution in [1.82, 2.24) is 9.62 Å². The molecular formula is C13H17F3N2O4S. The maximum absolute atomic E-state index is 12.2. The molecule has 0 aliphatic carbocycles. The number of hydrogen-bond donors (Lipinski definition) is 1. The lowest BCUT2D eigenvalue weighted by Gasteiger charge is -2.26. The molecule has 0 amide bonds. The molecule has 0 saturated carbocycles. The second-order valence-corrected chi connectivity index (χ2v) is 6.64. The molecule has 1 aliphatic rings. The minimum Gasteiger partial charge on any atom is -0.406 e. The van der Waals surface area contributed by atoms with Crippen LogP contribution in [0.25, 0.3) is 0 Å². The minimum atomic E-state index is -4.87. The smallest absolute Gasteiger partial charge is 0.406 e. The van der Waals surface area contributed by atoms with Gasteiger partial charge in [-0.15, -0.1) is 13.2 Å². The van der Waals surface area contributed by atoms with Crippen molar-refractivity contribution in [2.45, 2.75) is 11.3 Å². The number of alkyl halides is 3. The molecule has 1 heterocycles. The average Bonchev–Trinajstić information content (AvgIpc) is 2.47. The van der Waals surface area contributed by atoms with Crippen molar-refractivity contribution >= 4 is 10.0 Å². The summed E-state index contributed by atoms with van der Waals surface area (Å²) in [5.74, 6) is -0.575. The van der Waals surface area contributed by atoms with E-state index in [1.807, 2.05) is 4.90 Å². The first kappa shape index (κ1) is 18.0. The van der Waals surface area contributed by atoms with E-state index >= 15 is 0 Å². The van der Waals surface area contributed by atoms with Crippen LogP contribution in [0, 0.1) is 0 Å². The van der Waals surface area contributed by atoms with E-state index in [2.05, 4.69) is 9.46 Å². The van der Waals surface area contributed by atoms with Gasteiger partial charge in [-0.05, 0) is 12.1 Å². The zero-order valence-electron chi connectivity index (χ0n) is 12.2. The van der Waals surface area contributed by atoms with Gasteiger partial charge in [-0.2, -0.15) is 0 Å². The fourth-order valence-corrected chi connectivity index (χ4v) is 3.14. The Kier molecular flexibility index (Phi) is 5.84. The van der Waals surface area contributed by atoms with Crippen LogP contribution in [-0.4, -0.2) is 59.1 Å². The molecule has 6 nitrogen and oxygen atoms in total. The molecule has 1 aliphatic heterocycles. The van der Waals surface area contributed by atoms with Crippen LogP contribution in [0.5, 0.6) is 5.75 Å². The van der Waals surface area contributed by atoms with Crippen molar-refractivity contribution in [2.24, 2.45) is 0 Å². The highest BCUT2D eigenvalue weighted by Crippen LogP contribution is 2.24. The average molecular weight is 354 g/mol. The fourth-order valence-electron chi connectivity index (χ4n) is 2.08. The minimum absolute atomic E-state index is 0.159. The highest BCUT2D eigenvalue weighted by Gasteiger charge is 2.31. The van der Waals surface area contributed by atoms with Crippen LogP contribution in [0.2, 0.25) is 0 Å². The highest BCUT2D eigenvalue weighted by atomic mass is 32.2. The van der Waals surface area contributed by atoms with Crippen LogP contribution in [0.3, 0.4) is 0 Å². The molecule has 10 heteroatoms.